The lowest BCUT2D eigenvalue weighted by molar-refractivity contribution is -0.137. The van der Waals surface area contributed by atoms with Crippen molar-refractivity contribution in [3.8, 4) is 0 Å². The van der Waals surface area contributed by atoms with Crippen LogP contribution >= 0.6 is 12.2 Å². The van der Waals surface area contributed by atoms with Crippen LogP contribution in [0.25, 0.3) is 0 Å². The molecule has 0 aromatic heterocycles. The molecule has 3 nitrogen and oxygen atoms in total. The summed E-state index contributed by atoms with van der Waals surface area (Å²) in [5, 5.41) is 6.46. The second kappa shape index (κ2) is 7.19. The third-order valence-corrected chi connectivity index (χ3v) is 2.93. The first-order chi connectivity index (χ1) is 10.9. The molecule has 0 saturated heterocycles. The molecule has 2 aromatic rings. The van der Waals surface area contributed by atoms with Gasteiger partial charge in [-0.2, -0.15) is 18.3 Å². The zero-order valence-electron chi connectivity index (χ0n) is 11.6. The third kappa shape index (κ3) is 5.03. The molecular weight excluding hydrogens is 330 g/mol. The van der Waals surface area contributed by atoms with E-state index in [0.29, 0.717) is 5.69 Å². The normalized spacial score (nSPS) is 11.5. The fourth-order valence-corrected chi connectivity index (χ4v) is 1.89. The van der Waals surface area contributed by atoms with E-state index in [1.807, 2.05) is 0 Å². The largest absolute Gasteiger partial charge is 0.417 e. The number of anilines is 1. The molecule has 0 fully saturated rings. The van der Waals surface area contributed by atoms with Crippen LogP contribution < -0.4 is 10.7 Å². The van der Waals surface area contributed by atoms with Crippen LogP contribution in [0.3, 0.4) is 0 Å². The van der Waals surface area contributed by atoms with Crippen molar-refractivity contribution in [2.75, 3.05) is 5.32 Å². The van der Waals surface area contributed by atoms with Gasteiger partial charge in [-0.15, -0.1) is 0 Å². The molecule has 0 spiro atoms. The first-order valence-electron chi connectivity index (χ1n) is 6.38. The molecular formula is C15H11F4N3S. The van der Waals surface area contributed by atoms with E-state index in [1.165, 1.54) is 42.5 Å². The van der Waals surface area contributed by atoms with Crippen LogP contribution in [0.2, 0.25) is 0 Å². The quantitative estimate of drug-likeness (QED) is 0.381. The fraction of sp³-hybridized carbons (Fsp3) is 0.0667. The summed E-state index contributed by atoms with van der Waals surface area (Å²) in [6.07, 6.45) is -3.43. The van der Waals surface area contributed by atoms with Crippen LogP contribution in [-0.4, -0.2) is 11.3 Å². The Labute approximate surface area is 135 Å². The number of thiocarbonyl (C=S) groups is 1. The summed E-state index contributed by atoms with van der Waals surface area (Å²) in [6, 6.07) is 10.5. The van der Waals surface area contributed by atoms with Gasteiger partial charge in [0, 0.05) is 11.3 Å². The van der Waals surface area contributed by atoms with Gasteiger partial charge in [0.15, 0.2) is 5.11 Å². The van der Waals surface area contributed by atoms with E-state index in [0.717, 1.165) is 12.3 Å². The van der Waals surface area contributed by atoms with Gasteiger partial charge in [0.2, 0.25) is 0 Å². The van der Waals surface area contributed by atoms with Crippen molar-refractivity contribution in [1.82, 2.24) is 5.43 Å². The molecule has 0 heterocycles. The Bertz CT molecular complexity index is 711. The van der Waals surface area contributed by atoms with Crippen molar-refractivity contribution in [2.45, 2.75) is 6.18 Å². The second-order valence-corrected chi connectivity index (χ2v) is 4.82. The molecule has 0 aliphatic rings. The van der Waals surface area contributed by atoms with Crippen molar-refractivity contribution < 1.29 is 17.6 Å². The average Bonchev–Trinajstić information content (AvgIpc) is 2.49. The maximum atomic E-state index is 12.8. The second-order valence-electron chi connectivity index (χ2n) is 4.42. The van der Waals surface area contributed by atoms with Crippen molar-refractivity contribution in [1.29, 1.82) is 0 Å². The molecule has 120 valence electrons. The summed E-state index contributed by atoms with van der Waals surface area (Å²) >= 11 is 4.94. The van der Waals surface area contributed by atoms with Crippen LogP contribution in [0.5, 0.6) is 0 Å². The summed E-state index contributed by atoms with van der Waals surface area (Å²) in [5.74, 6) is -0.392. The zero-order valence-corrected chi connectivity index (χ0v) is 12.4. The number of benzene rings is 2. The first-order valence-corrected chi connectivity index (χ1v) is 6.79. The lowest BCUT2D eigenvalue weighted by Crippen LogP contribution is -2.24. The number of alkyl halides is 3. The minimum absolute atomic E-state index is 0.0670. The number of nitrogens with zero attached hydrogens (tertiary/aromatic N) is 1. The molecule has 0 radical (unpaired) electrons. The minimum Gasteiger partial charge on any atom is -0.331 e. The maximum absolute atomic E-state index is 12.8. The predicted molar refractivity (Wildman–Crippen MR) is 84.8 cm³/mol. The van der Waals surface area contributed by atoms with Gasteiger partial charge in [-0.05, 0) is 42.5 Å². The predicted octanol–water partition coefficient (Wildman–Crippen LogP) is 4.17. The van der Waals surface area contributed by atoms with Gasteiger partial charge >= 0.3 is 6.18 Å². The molecule has 0 amide bonds. The van der Waals surface area contributed by atoms with Crippen LogP contribution in [-0.2, 0) is 6.18 Å². The number of rotatable bonds is 3. The molecule has 0 aliphatic heterocycles. The molecule has 2 N–H and O–H groups in total. The molecule has 0 aliphatic carbocycles. The molecule has 23 heavy (non-hydrogen) atoms. The van der Waals surface area contributed by atoms with Crippen molar-refractivity contribution >= 4 is 29.2 Å². The van der Waals surface area contributed by atoms with E-state index >= 15 is 0 Å². The van der Waals surface area contributed by atoms with Gasteiger partial charge in [-0.1, -0.05) is 18.2 Å². The smallest absolute Gasteiger partial charge is 0.331 e. The molecule has 0 saturated carbocycles. The SMILES string of the molecule is Fc1ccc(NC(=S)NN=Cc2ccccc2C(F)(F)F)cc1. The van der Waals surface area contributed by atoms with Gasteiger partial charge in [0.05, 0.1) is 11.8 Å². The highest BCUT2D eigenvalue weighted by molar-refractivity contribution is 7.80. The van der Waals surface area contributed by atoms with Crippen LogP contribution in [0.4, 0.5) is 23.2 Å². The fourth-order valence-electron chi connectivity index (χ4n) is 1.72. The zero-order chi connectivity index (χ0) is 16.9. The maximum Gasteiger partial charge on any atom is 0.417 e. The summed E-state index contributed by atoms with van der Waals surface area (Å²) < 4.78 is 51.2. The van der Waals surface area contributed by atoms with Crippen molar-refractivity contribution in [2.24, 2.45) is 5.10 Å². The Morgan fingerprint density at radius 1 is 1.04 bits per heavy atom. The lowest BCUT2D eigenvalue weighted by Gasteiger charge is -2.09. The Morgan fingerprint density at radius 2 is 1.70 bits per heavy atom. The summed E-state index contributed by atoms with van der Waals surface area (Å²) in [6.45, 7) is 0. The molecule has 2 rings (SSSR count). The number of halogens is 4. The van der Waals surface area contributed by atoms with Gasteiger partial charge in [0.25, 0.3) is 0 Å². The Morgan fingerprint density at radius 3 is 2.35 bits per heavy atom. The van der Waals surface area contributed by atoms with Gasteiger partial charge in [-0.3, -0.25) is 5.43 Å². The topological polar surface area (TPSA) is 36.4 Å². The van der Waals surface area contributed by atoms with Crippen LogP contribution in [0.1, 0.15) is 11.1 Å². The van der Waals surface area contributed by atoms with E-state index in [4.69, 9.17) is 12.2 Å². The Hall–Kier alpha value is -2.48. The number of nitrogens with one attached hydrogen (secondary N) is 2. The summed E-state index contributed by atoms with van der Waals surface area (Å²) in [4.78, 5) is 0. The summed E-state index contributed by atoms with van der Waals surface area (Å²) in [7, 11) is 0. The van der Waals surface area contributed by atoms with E-state index < -0.39 is 17.6 Å². The Balaban J connectivity index is 1.99. The minimum atomic E-state index is -4.46. The number of hydrogen-bond acceptors (Lipinski definition) is 2. The van der Waals surface area contributed by atoms with E-state index in [-0.39, 0.29) is 10.7 Å². The average molecular weight is 341 g/mol. The number of hydrogen-bond donors (Lipinski definition) is 2. The molecule has 2 aromatic carbocycles. The van der Waals surface area contributed by atoms with Crippen molar-refractivity contribution in [3.05, 3.63) is 65.5 Å². The highest BCUT2D eigenvalue weighted by Crippen LogP contribution is 2.30. The molecule has 8 heteroatoms. The lowest BCUT2D eigenvalue weighted by atomic mass is 10.1. The Kier molecular flexibility index (Phi) is 5.28. The molecule has 0 bridgehead atoms. The monoisotopic (exact) mass is 341 g/mol. The number of hydrazone groups is 1. The van der Waals surface area contributed by atoms with E-state index in [9.17, 15) is 17.6 Å². The highest BCUT2D eigenvalue weighted by Gasteiger charge is 2.32. The molecule has 0 atom stereocenters. The van der Waals surface area contributed by atoms with Gasteiger partial charge in [0.1, 0.15) is 5.82 Å². The standard InChI is InChI=1S/C15H11F4N3S/c16-11-5-7-12(8-6-11)21-14(23)22-20-9-10-3-1-2-4-13(10)15(17,18)19/h1-9H,(H2,21,22,23). The van der Waals surface area contributed by atoms with E-state index in [1.54, 1.807) is 0 Å². The van der Waals surface area contributed by atoms with Gasteiger partial charge in [-0.25, -0.2) is 4.39 Å². The summed E-state index contributed by atoms with van der Waals surface area (Å²) in [5.41, 5.74) is 2.05. The van der Waals surface area contributed by atoms with Crippen LogP contribution in [0.15, 0.2) is 53.6 Å². The van der Waals surface area contributed by atoms with Crippen LogP contribution in [0, 0.1) is 5.82 Å². The van der Waals surface area contributed by atoms with Crippen molar-refractivity contribution in [3.63, 3.8) is 0 Å². The first kappa shape index (κ1) is 16.9. The van der Waals surface area contributed by atoms with E-state index in [2.05, 4.69) is 15.8 Å². The molecule has 0 unspecified atom stereocenters. The highest BCUT2D eigenvalue weighted by atomic mass is 32.1. The third-order valence-electron chi connectivity index (χ3n) is 2.74. The van der Waals surface area contributed by atoms with Gasteiger partial charge < -0.3 is 5.32 Å².